The van der Waals surface area contributed by atoms with E-state index in [0.717, 1.165) is 67.9 Å². The fraction of sp³-hybridized carbons (Fsp3) is 0.345. The third-order valence-electron chi connectivity index (χ3n) is 6.98. The molecule has 0 unspecified atom stereocenters. The molecule has 180 valence electrons. The van der Waals surface area contributed by atoms with Crippen LogP contribution in [0, 0.1) is 19.8 Å². The van der Waals surface area contributed by atoms with Crippen molar-refractivity contribution in [2.45, 2.75) is 39.5 Å². The van der Waals surface area contributed by atoms with Crippen LogP contribution in [0.15, 0.2) is 67.0 Å². The number of piperidine rings is 1. The highest BCUT2D eigenvalue weighted by Crippen LogP contribution is 2.29. The highest BCUT2D eigenvalue weighted by Gasteiger charge is 2.26. The highest BCUT2D eigenvalue weighted by atomic mass is 16.1. The Labute approximate surface area is 207 Å². The molecule has 1 fully saturated rings. The lowest BCUT2D eigenvalue weighted by molar-refractivity contribution is -0.125. The van der Waals surface area contributed by atoms with Gasteiger partial charge in [0.2, 0.25) is 5.91 Å². The van der Waals surface area contributed by atoms with E-state index in [1.54, 1.807) is 0 Å². The third kappa shape index (κ3) is 5.21. The average molecular weight is 468 g/mol. The first kappa shape index (κ1) is 23.1. The largest absolute Gasteiger partial charge is 0.356 e. The highest BCUT2D eigenvalue weighted by molar-refractivity contribution is 5.80. The van der Waals surface area contributed by atoms with Gasteiger partial charge in [-0.2, -0.15) is 5.10 Å². The molecule has 1 amide bonds. The fourth-order valence-electron chi connectivity index (χ4n) is 5.03. The Morgan fingerprint density at radius 3 is 2.63 bits per heavy atom. The van der Waals surface area contributed by atoms with Gasteiger partial charge in [0.1, 0.15) is 5.52 Å². The van der Waals surface area contributed by atoms with E-state index < -0.39 is 0 Å². The summed E-state index contributed by atoms with van der Waals surface area (Å²) < 4.78 is 1.92. The van der Waals surface area contributed by atoms with E-state index in [1.807, 2.05) is 23.0 Å². The van der Waals surface area contributed by atoms with Crippen LogP contribution in [0.25, 0.3) is 16.8 Å². The number of anilines is 1. The van der Waals surface area contributed by atoms with Gasteiger partial charge in [0.25, 0.3) is 0 Å². The molecule has 0 atom stereocenters. The normalized spacial score (nSPS) is 14.4. The summed E-state index contributed by atoms with van der Waals surface area (Å²) in [6.07, 6.45) is 7.35. The van der Waals surface area contributed by atoms with Gasteiger partial charge in [-0.1, -0.05) is 54.1 Å². The Kier molecular flexibility index (Phi) is 6.80. The van der Waals surface area contributed by atoms with Crippen molar-refractivity contribution in [3.05, 3.63) is 83.7 Å². The summed E-state index contributed by atoms with van der Waals surface area (Å²) in [6.45, 7) is 6.60. The van der Waals surface area contributed by atoms with Crippen LogP contribution in [-0.2, 0) is 11.2 Å². The first-order chi connectivity index (χ1) is 17.1. The molecule has 1 aliphatic rings. The van der Waals surface area contributed by atoms with E-state index in [9.17, 15) is 4.79 Å². The predicted octanol–water partition coefficient (Wildman–Crippen LogP) is 4.98. The average Bonchev–Trinajstić information content (AvgIpc) is 3.31. The first-order valence-electron chi connectivity index (χ1n) is 12.6. The van der Waals surface area contributed by atoms with Gasteiger partial charge in [0.05, 0.1) is 5.69 Å². The van der Waals surface area contributed by atoms with Crippen molar-refractivity contribution < 1.29 is 4.79 Å². The number of nitrogens with one attached hydrogen (secondary N) is 1. The molecule has 6 nitrogen and oxygen atoms in total. The number of hydrogen-bond acceptors (Lipinski definition) is 4. The SMILES string of the molecule is Cc1ccc(-c2cc3c(N4CCC(C(=O)NCCCc5ccccc5)CC4)nccn3n2)c(C)c1. The molecule has 6 heteroatoms. The number of rotatable bonds is 7. The number of benzene rings is 2. The minimum atomic E-state index is 0.0680. The molecule has 1 aliphatic heterocycles. The second kappa shape index (κ2) is 10.3. The number of hydrogen-bond donors (Lipinski definition) is 1. The van der Waals surface area contributed by atoms with Crippen LogP contribution in [0.4, 0.5) is 5.82 Å². The van der Waals surface area contributed by atoms with Crippen molar-refractivity contribution in [3.63, 3.8) is 0 Å². The smallest absolute Gasteiger partial charge is 0.223 e. The van der Waals surface area contributed by atoms with Gasteiger partial charge in [-0.15, -0.1) is 0 Å². The molecule has 35 heavy (non-hydrogen) atoms. The Morgan fingerprint density at radius 1 is 1.06 bits per heavy atom. The van der Waals surface area contributed by atoms with E-state index in [2.05, 4.69) is 72.6 Å². The zero-order valence-electron chi connectivity index (χ0n) is 20.6. The summed E-state index contributed by atoms with van der Waals surface area (Å²) in [5.74, 6) is 1.20. The topological polar surface area (TPSA) is 62.5 Å². The van der Waals surface area contributed by atoms with Gasteiger partial charge in [0, 0.05) is 43.5 Å². The first-order valence-corrected chi connectivity index (χ1v) is 12.6. The number of aromatic nitrogens is 3. The Morgan fingerprint density at radius 2 is 1.86 bits per heavy atom. The number of amides is 1. The molecule has 0 aliphatic carbocycles. The van der Waals surface area contributed by atoms with E-state index in [4.69, 9.17) is 10.1 Å². The van der Waals surface area contributed by atoms with E-state index in [-0.39, 0.29) is 11.8 Å². The number of aryl methyl sites for hydroxylation is 3. The number of carbonyl (C=O) groups excluding carboxylic acids is 1. The molecule has 0 saturated carbocycles. The minimum absolute atomic E-state index is 0.0680. The van der Waals surface area contributed by atoms with Gasteiger partial charge in [0.15, 0.2) is 5.82 Å². The maximum absolute atomic E-state index is 12.7. The number of fused-ring (bicyclic) bond motifs is 1. The van der Waals surface area contributed by atoms with E-state index >= 15 is 0 Å². The molecule has 4 aromatic rings. The minimum Gasteiger partial charge on any atom is -0.356 e. The summed E-state index contributed by atoms with van der Waals surface area (Å²) in [4.78, 5) is 19.7. The maximum atomic E-state index is 12.7. The van der Waals surface area contributed by atoms with Crippen LogP contribution in [0.2, 0.25) is 0 Å². The van der Waals surface area contributed by atoms with Gasteiger partial charge < -0.3 is 10.2 Å². The quantitative estimate of drug-likeness (QED) is 0.390. The van der Waals surface area contributed by atoms with Crippen molar-refractivity contribution in [1.82, 2.24) is 19.9 Å². The van der Waals surface area contributed by atoms with Crippen molar-refractivity contribution in [3.8, 4) is 11.3 Å². The second-order valence-electron chi connectivity index (χ2n) is 9.57. The van der Waals surface area contributed by atoms with Gasteiger partial charge >= 0.3 is 0 Å². The zero-order valence-corrected chi connectivity index (χ0v) is 20.6. The molecule has 2 aromatic heterocycles. The molecule has 5 rings (SSSR count). The third-order valence-corrected chi connectivity index (χ3v) is 6.98. The standard InChI is InChI=1S/C29H33N5O/c1-21-10-11-25(22(2)19-21)26-20-27-28(30-15-18-34(27)32-26)33-16-12-24(13-17-33)29(35)31-14-6-9-23-7-4-3-5-8-23/h3-5,7-8,10-11,15,18-20,24H,6,9,12-14,16-17H2,1-2H3,(H,31,35). The molecule has 0 radical (unpaired) electrons. The second-order valence-corrected chi connectivity index (χ2v) is 9.57. The van der Waals surface area contributed by atoms with Gasteiger partial charge in [-0.3, -0.25) is 4.79 Å². The molecular weight excluding hydrogens is 434 g/mol. The maximum Gasteiger partial charge on any atom is 0.223 e. The van der Waals surface area contributed by atoms with Gasteiger partial charge in [-0.25, -0.2) is 9.50 Å². The molecular formula is C29H33N5O. The molecule has 3 heterocycles. The lowest BCUT2D eigenvalue weighted by Gasteiger charge is -2.32. The summed E-state index contributed by atoms with van der Waals surface area (Å²) >= 11 is 0. The van der Waals surface area contributed by atoms with E-state index in [0.29, 0.717) is 0 Å². The van der Waals surface area contributed by atoms with Crippen LogP contribution in [-0.4, -0.2) is 40.1 Å². The van der Waals surface area contributed by atoms with Crippen LogP contribution >= 0.6 is 0 Å². The molecule has 0 spiro atoms. The number of carbonyl (C=O) groups is 1. The zero-order chi connectivity index (χ0) is 24.2. The van der Waals surface area contributed by atoms with Gasteiger partial charge in [-0.05, 0) is 56.7 Å². The van der Waals surface area contributed by atoms with Crippen molar-refractivity contribution >= 4 is 17.2 Å². The van der Waals surface area contributed by atoms with Crippen molar-refractivity contribution in [1.29, 1.82) is 0 Å². The van der Waals surface area contributed by atoms with Crippen LogP contribution in [0.5, 0.6) is 0 Å². The number of nitrogens with zero attached hydrogens (tertiary/aromatic N) is 4. The summed E-state index contributed by atoms with van der Waals surface area (Å²) in [5.41, 5.74) is 6.90. The summed E-state index contributed by atoms with van der Waals surface area (Å²) in [6, 6.07) is 19.0. The predicted molar refractivity (Wildman–Crippen MR) is 141 cm³/mol. The van der Waals surface area contributed by atoms with Crippen molar-refractivity contribution in [2.24, 2.45) is 5.92 Å². The lowest BCUT2D eigenvalue weighted by Crippen LogP contribution is -2.41. The van der Waals surface area contributed by atoms with Crippen LogP contribution < -0.4 is 10.2 Å². The van der Waals surface area contributed by atoms with Crippen LogP contribution in [0.3, 0.4) is 0 Å². The Bertz CT molecular complexity index is 1310. The summed E-state index contributed by atoms with van der Waals surface area (Å²) in [5, 5.41) is 7.97. The molecule has 0 bridgehead atoms. The van der Waals surface area contributed by atoms with E-state index in [1.165, 1.54) is 16.7 Å². The molecule has 2 aromatic carbocycles. The molecule has 1 saturated heterocycles. The Balaban J connectivity index is 1.19. The Hall–Kier alpha value is -3.67. The monoisotopic (exact) mass is 467 g/mol. The van der Waals surface area contributed by atoms with Crippen molar-refractivity contribution in [2.75, 3.05) is 24.5 Å². The van der Waals surface area contributed by atoms with Crippen LogP contribution in [0.1, 0.15) is 36.0 Å². The fourth-order valence-corrected chi connectivity index (χ4v) is 5.03. The summed E-state index contributed by atoms with van der Waals surface area (Å²) in [7, 11) is 0. The molecule has 1 N–H and O–H groups in total. The lowest BCUT2D eigenvalue weighted by atomic mass is 9.95.